The largest absolute Gasteiger partial charge is 0.490 e. The Labute approximate surface area is 235 Å². The highest BCUT2D eigenvalue weighted by atomic mass is 35.5. The Kier molecular flexibility index (Phi) is 11.7. The van der Waals surface area contributed by atoms with Crippen LogP contribution in [0.3, 0.4) is 0 Å². The lowest BCUT2D eigenvalue weighted by molar-refractivity contribution is -0.192. The van der Waals surface area contributed by atoms with Crippen LogP contribution in [0.1, 0.15) is 68.2 Å². The van der Waals surface area contributed by atoms with Gasteiger partial charge in [0.25, 0.3) is 5.91 Å². The van der Waals surface area contributed by atoms with Crippen molar-refractivity contribution in [2.45, 2.75) is 70.8 Å². The number of β-amino-alcohol motifs (C(OH)–C–C–N with tert-alkyl or cyclic N) is 1. The minimum Gasteiger partial charge on any atom is -0.475 e. The molecular formula is C26H32ClF3N6O4. The highest BCUT2D eigenvalue weighted by Gasteiger charge is 2.38. The van der Waals surface area contributed by atoms with E-state index in [2.05, 4.69) is 41.1 Å². The number of carbonyl (C=O) groups is 2. The number of carboxylic acids is 1. The lowest BCUT2D eigenvalue weighted by Crippen LogP contribution is -2.48. The summed E-state index contributed by atoms with van der Waals surface area (Å²) in [5.74, 6) is -2.69. The lowest BCUT2D eigenvalue weighted by atomic mass is 10.0. The number of aromatic nitrogens is 2. The molecule has 1 aromatic carbocycles. The fourth-order valence-corrected chi connectivity index (χ4v) is 4.17. The number of aliphatic carboxylic acids is 1. The molecule has 3 N–H and O–H groups in total. The maximum atomic E-state index is 13.1. The normalized spacial score (nSPS) is 13.8. The number of carboxylic acid groups (broad SMARTS) is 1. The molecule has 1 aliphatic carbocycles. The monoisotopic (exact) mass is 584 g/mol. The van der Waals surface area contributed by atoms with Crippen molar-refractivity contribution in [3.05, 3.63) is 52.4 Å². The number of benzene rings is 1. The number of aliphatic hydroxyl groups is 1. The number of hydrazine groups is 1. The average Bonchev–Trinajstić information content (AvgIpc) is 3.42. The van der Waals surface area contributed by atoms with Crippen LogP contribution in [-0.2, 0) is 11.3 Å². The number of nitriles is 1. The Morgan fingerprint density at radius 2 is 1.75 bits per heavy atom. The molecule has 14 heteroatoms. The molecule has 0 bridgehead atoms. The molecule has 1 heterocycles. The number of alkyl halides is 3. The molecule has 0 radical (unpaired) electrons. The molecule has 1 aliphatic rings. The summed E-state index contributed by atoms with van der Waals surface area (Å²) < 4.78 is 31.7. The predicted molar refractivity (Wildman–Crippen MR) is 141 cm³/mol. The molecule has 0 aliphatic heterocycles. The van der Waals surface area contributed by atoms with Crippen molar-refractivity contribution in [1.29, 1.82) is 5.26 Å². The van der Waals surface area contributed by atoms with E-state index in [-0.39, 0.29) is 34.9 Å². The number of anilines is 1. The molecule has 1 amide bonds. The van der Waals surface area contributed by atoms with Crippen molar-refractivity contribution in [2.24, 2.45) is 0 Å². The molecule has 1 saturated carbocycles. The lowest BCUT2D eigenvalue weighted by Gasteiger charge is -2.35. The Morgan fingerprint density at radius 1 is 1.18 bits per heavy atom. The summed E-state index contributed by atoms with van der Waals surface area (Å²) in [4.78, 5) is 32.3. The van der Waals surface area contributed by atoms with Gasteiger partial charge in [-0.1, -0.05) is 36.6 Å². The first kappa shape index (κ1) is 32.7. The van der Waals surface area contributed by atoms with Gasteiger partial charge in [-0.3, -0.25) is 20.1 Å². The third kappa shape index (κ3) is 9.62. The third-order valence-corrected chi connectivity index (χ3v) is 6.38. The van der Waals surface area contributed by atoms with Gasteiger partial charge in [-0.2, -0.15) is 23.4 Å². The second-order valence-corrected chi connectivity index (χ2v) is 10.4. The van der Waals surface area contributed by atoms with Gasteiger partial charge in [0.1, 0.15) is 11.1 Å². The van der Waals surface area contributed by atoms with Gasteiger partial charge in [-0.05, 0) is 51.3 Å². The van der Waals surface area contributed by atoms with Crippen molar-refractivity contribution < 1.29 is 33.0 Å². The predicted octanol–water partition coefficient (Wildman–Crippen LogP) is 4.32. The molecule has 0 atom stereocenters. The smallest absolute Gasteiger partial charge is 0.475 e. The number of halogens is 4. The molecule has 3 rings (SSSR count). The Balaban J connectivity index is 0.000000708. The number of nitrogens with zero attached hydrogens (tertiary/aromatic N) is 5. The van der Waals surface area contributed by atoms with E-state index in [1.165, 1.54) is 6.20 Å². The van der Waals surface area contributed by atoms with E-state index in [1.807, 2.05) is 18.2 Å². The molecule has 218 valence electrons. The summed E-state index contributed by atoms with van der Waals surface area (Å²) in [6.45, 7) is 7.67. The van der Waals surface area contributed by atoms with E-state index in [0.717, 1.165) is 31.2 Å². The molecule has 1 fully saturated rings. The number of carbonyl (C=O) groups excluding carboxylic acids is 1. The first-order valence-corrected chi connectivity index (χ1v) is 12.8. The number of amides is 1. The Morgan fingerprint density at radius 3 is 2.23 bits per heavy atom. The fraction of sp³-hybridized carbons (Fsp3) is 0.500. The summed E-state index contributed by atoms with van der Waals surface area (Å²) in [7, 11) is 0. The molecule has 0 unspecified atom stereocenters. The minimum atomic E-state index is -5.08. The van der Waals surface area contributed by atoms with Crippen LogP contribution in [0.5, 0.6) is 0 Å². The van der Waals surface area contributed by atoms with Gasteiger partial charge in [0.15, 0.2) is 5.82 Å². The van der Waals surface area contributed by atoms with Crippen LogP contribution < -0.4 is 10.4 Å². The molecule has 0 saturated heterocycles. The summed E-state index contributed by atoms with van der Waals surface area (Å²) in [6.07, 6.45) is 0.206. The van der Waals surface area contributed by atoms with Crippen molar-refractivity contribution >= 4 is 29.3 Å². The van der Waals surface area contributed by atoms with Gasteiger partial charge in [0.2, 0.25) is 5.82 Å². The number of nitrogens with one attached hydrogen (secondary N) is 1. The molecule has 0 spiro atoms. The fourth-order valence-electron chi connectivity index (χ4n) is 3.99. The van der Waals surface area contributed by atoms with Crippen LogP contribution in [0.4, 0.5) is 19.0 Å². The second kappa shape index (κ2) is 14.2. The number of rotatable bonds is 8. The van der Waals surface area contributed by atoms with E-state index in [4.69, 9.17) is 21.5 Å². The first-order chi connectivity index (χ1) is 18.7. The number of aliphatic hydroxyl groups excluding tert-OH is 1. The zero-order valence-corrected chi connectivity index (χ0v) is 23.1. The van der Waals surface area contributed by atoms with Gasteiger partial charge < -0.3 is 10.2 Å². The van der Waals surface area contributed by atoms with Gasteiger partial charge in [0.05, 0.1) is 18.8 Å². The van der Waals surface area contributed by atoms with E-state index < -0.39 is 12.1 Å². The SMILES string of the molecule is CC(C)(C)N(CCO)Cc1ccc(C(=O)NN(c2nc(C#N)ncc2Cl)C2CCCC2)cc1.O=C(O)C(F)(F)F. The third-order valence-electron chi connectivity index (χ3n) is 6.12. The highest BCUT2D eigenvalue weighted by Crippen LogP contribution is 2.30. The van der Waals surface area contributed by atoms with E-state index in [1.54, 1.807) is 17.1 Å². The van der Waals surface area contributed by atoms with Gasteiger partial charge in [-0.25, -0.2) is 9.78 Å². The summed E-state index contributed by atoms with van der Waals surface area (Å²) in [5.41, 5.74) is 4.44. The standard InChI is InChI=1S/C24H31ClN6O2.C2HF3O2/c1-24(2,3)30(12-13-32)16-17-8-10-18(11-9-17)23(33)29-31(19-6-4-5-7-19)22-20(25)15-27-21(14-26)28-22;3-2(4,5)1(6)7/h8-11,15,19,32H,4-7,12-13,16H2,1-3H3,(H,29,33);(H,6,7). The Hall–Kier alpha value is -3.47. The zero-order chi connectivity index (χ0) is 30.1. The molecule has 1 aromatic heterocycles. The van der Waals surface area contributed by atoms with Crippen molar-refractivity contribution in [1.82, 2.24) is 20.3 Å². The molecule has 2 aromatic rings. The van der Waals surface area contributed by atoms with Crippen LogP contribution in [0.2, 0.25) is 5.02 Å². The summed E-state index contributed by atoms with van der Waals surface area (Å²) in [5, 5.41) is 27.7. The van der Waals surface area contributed by atoms with Crippen molar-refractivity contribution in [3.8, 4) is 6.07 Å². The van der Waals surface area contributed by atoms with Gasteiger partial charge in [0, 0.05) is 24.2 Å². The molecule has 10 nitrogen and oxygen atoms in total. The summed E-state index contributed by atoms with van der Waals surface area (Å²) >= 11 is 6.34. The van der Waals surface area contributed by atoms with Crippen LogP contribution >= 0.6 is 11.6 Å². The van der Waals surface area contributed by atoms with Crippen LogP contribution in [0, 0.1) is 11.3 Å². The van der Waals surface area contributed by atoms with E-state index in [0.29, 0.717) is 24.5 Å². The maximum Gasteiger partial charge on any atom is 0.490 e. The topological polar surface area (TPSA) is 143 Å². The molecule has 40 heavy (non-hydrogen) atoms. The quantitative estimate of drug-likeness (QED) is 0.386. The second-order valence-electron chi connectivity index (χ2n) is 10.0. The van der Waals surface area contributed by atoms with Gasteiger partial charge >= 0.3 is 12.1 Å². The minimum absolute atomic E-state index is 0.00211. The Bertz CT molecular complexity index is 1190. The van der Waals surface area contributed by atoms with E-state index >= 15 is 0 Å². The average molecular weight is 585 g/mol. The first-order valence-electron chi connectivity index (χ1n) is 12.4. The highest BCUT2D eigenvalue weighted by molar-refractivity contribution is 6.32. The van der Waals surface area contributed by atoms with E-state index in [9.17, 15) is 28.3 Å². The van der Waals surface area contributed by atoms with Crippen LogP contribution in [-0.4, -0.2) is 67.9 Å². The van der Waals surface area contributed by atoms with Crippen molar-refractivity contribution in [3.63, 3.8) is 0 Å². The number of hydrogen-bond acceptors (Lipinski definition) is 8. The number of hydrogen-bond donors (Lipinski definition) is 3. The van der Waals surface area contributed by atoms with Crippen molar-refractivity contribution in [2.75, 3.05) is 18.2 Å². The van der Waals surface area contributed by atoms with Crippen LogP contribution in [0.25, 0.3) is 0 Å². The van der Waals surface area contributed by atoms with Crippen LogP contribution in [0.15, 0.2) is 30.5 Å². The summed E-state index contributed by atoms with van der Waals surface area (Å²) in [6, 6.07) is 9.41. The molecular weight excluding hydrogens is 553 g/mol. The zero-order valence-electron chi connectivity index (χ0n) is 22.4. The van der Waals surface area contributed by atoms with Gasteiger partial charge in [-0.15, -0.1) is 0 Å². The maximum absolute atomic E-state index is 13.1.